The predicted octanol–water partition coefficient (Wildman–Crippen LogP) is 4.54. The van der Waals surface area contributed by atoms with Crippen molar-refractivity contribution in [2.45, 2.75) is 141 Å². The third-order valence-corrected chi connectivity index (χ3v) is 6.27. The predicted molar refractivity (Wildman–Crippen MR) is 125 cm³/mol. The molecule has 1 amide bonds. The van der Waals surface area contributed by atoms with Gasteiger partial charge in [-0.25, -0.2) is 0 Å². The minimum atomic E-state index is -0.996. The summed E-state index contributed by atoms with van der Waals surface area (Å²) in [5.41, 5.74) is 0. The molecule has 8 heteroatoms. The Morgan fingerprint density at radius 2 is 1.52 bits per heavy atom. The molecule has 0 aromatic rings. The van der Waals surface area contributed by atoms with Crippen LogP contribution < -0.4 is 5.32 Å². The number of hydrogen-bond acceptors (Lipinski definition) is 6. The number of rotatable bonds is 17. The molecule has 0 spiro atoms. The van der Waals surface area contributed by atoms with Crippen molar-refractivity contribution < 1.29 is 33.6 Å². The first-order chi connectivity index (χ1) is 15.7. The van der Waals surface area contributed by atoms with Crippen molar-refractivity contribution >= 4 is 11.9 Å². The Morgan fingerprint density at radius 3 is 2.12 bits per heavy atom. The molecule has 2 heterocycles. The molecule has 0 aromatic carbocycles. The smallest absolute Gasteiger partial charge is 0.303 e. The minimum absolute atomic E-state index is 0.0675. The number of unbranched alkanes of at least 4 members (excludes halogenated alkanes) is 9. The summed E-state index contributed by atoms with van der Waals surface area (Å²) in [6.07, 6.45) is 10.7. The molecule has 0 bridgehead atoms. The van der Waals surface area contributed by atoms with Gasteiger partial charge < -0.3 is 29.4 Å². The van der Waals surface area contributed by atoms with Gasteiger partial charge in [0.1, 0.15) is 18.3 Å². The number of carboxylic acids is 1. The highest BCUT2D eigenvalue weighted by atomic mass is 16.8. The number of nitrogens with one attached hydrogen (secondary N) is 1. The summed E-state index contributed by atoms with van der Waals surface area (Å²) in [4.78, 5) is 22.8. The van der Waals surface area contributed by atoms with Crippen molar-refractivity contribution in [2.75, 3.05) is 6.61 Å². The van der Waals surface area contributed by atoms with Crippen LogP contribution >= 0.6 is 0 Å². The van der Waals surface area contributed by atoms with E-state index in [9.17, 15) is 9.59 Å². The van der Waals surface area contributed by atoms with Crippen LogP contribution in [-0.2, 0) is 28.5 Å². The van der Waals surface area contributed by atoms with Gasteiger partial charge >= 0.3 is 5.97 Å². The molecular formula is C25H45NO7. The van der Waals surface area contributed by atoms with Gasteiger partial charge in [0, 0.05) is 13.0 Å². The van der Waals surface area contributed by atoms with Crippen LogP contribution in [0.1, 0.15) is 105 Å². The number of amides is 1. The molecule has 0 radical (unpaired) electrons. The lowest BCUT2D eigenvalue weighted by molar-refractivity contribution is -0.236. The summed E-state index contributed by atoms with van der Waals surface area (Å²) < 4.78 is 24.2. The lowest BCUT2D eigenvalue weighted by Crippen LogP contribution is -2.47. The summed E-state index contributed by atoms with van der Waals surface area (Å²) in [5.74, 6) is -2.06. The van der Waals surface area contributed by atoms with Crippen LogP contribution in [0.25, 0.3) is 0 Å². The number of ether oxygens (including phenoxy) is 4. The Kier molecular flexibility index (Phi) is 12.1. The molecule has 2 fully saturated rings. The van der Waals surface area contributed by atoms with Gasteiger partial charge in [0.25, 0.3) is 0 Å². The summed E-state index contributed by atoms with van der Waals surface area (Å²) in [6, 6.07) is -0.359. The van der Waals surface area contributed by atoms with E-state index in [2.05, 4.69) is 12.2 Å². The Balaban J connectivity index is 1.70. The first kappa shape index (κ1) is 28.0. The molecule has 2 rings (SSSR count). The highest BCUT2D eigenvalue weighted by Crippen LogP contribution is 2.40. The van der Waals surface area contributed by atoms with Gasteiger partial charge in [0.05, 0.1) is 12.5 Å². The fourth-order valence-corrected chi connectivity index (χ4v) is 4.55. The van der Waals surface area contributed by atoms with Crippen LogP contribution in [0.5, 0.6) is 0 Å². The third kappa shape index (κ3) is 9.89. The van der Waals surface area contributed by atoms with E-state index in [1.54, 1.807) is 0 Å². The second-order valence-corrected chi connectivity index (χ2v) is 9.84. The maximum Gasteiger partial charge on any atom is 0.303 e. The van der Waals surface area contributed by atoms with E-state index in [4.69, 9.17) is 24.1 Å². The average Bonchev–Trinajstić information content (AvgIpc) is 3.23. The normalized spacial score (nSPS) is 26.8. The van der Waals surface area contributed by atoms with Crippen molar-refractivity contribution in [1.29, 1.82) is 0 Å². The summed E-state index contributed by atoms with van der Waals surface area (Å²) >= 11 is 0. The van der Waals surface area contributed by atoms with E-state index >= 15 is 0 Å². The first-order valence-corrected chi connectivity index (χ1v) is 12.9. The number of fused-ring (bicyclic) bond motifs is 1. The van der Waals surface area contributed by atoms with E-state index in [1.807, 2.05) is 20.8 Å². The van der Waals surface area contributed by atoms with Crippen LogP contribution in [0, 0.1) is 0 Å². The molecule has 8 nitrogen and oxygen atoms in total. The zero-order valence-electron chi connectivity index (χ0n) is 21.0. The minimum Gasteiger partial charge on any atom is -0.481 e. The van der Waals surface area contributed by atoms with Crippen LogP contribution in [0.15, 0.2) is 0 Å². The number of carbonyl (C=O) groups is 2. The van der Waals surface area contributed by atoms with Gasteiger partial charge in [-0.1, -0.05) is 64.7 Å². The highest BCUT2D eigenvalue weighted by molar-refractivity contribution is 5.80. The fraction of sp³-hybridized carbons (Fsp3) is 0.920. The second kappa shape index (κ2) is 14.2. The summed E-state index contributed by atoms with van der Waals surface area (Å²) in [7, 11) is 0. The molecule has 2 N–H and O–H groups in total. The van der Waals surface area contributed by atoms with E-state index < -0.39 is 24.2 Å². The van der Waals surface area contributed by atoms with Gasteiger partial charge in [-0.2, -0.15) is 0 Å². The molecule has 0 unspecified atom stereocenters. The SMILES string of the molecule is CCCCCCCCCCCCO[C@H]1O[C@H]([C@H](C)NC(=O)CCC(=O)O)[C@@H]2OC(C)(C)O[C@H]12. The molecule has 33 heavy (non-hydrogen) atoms. The van der Waals surface area contributed by atoms with Crippen LogP contribution in [0.2, 0.25) is 0 Å². The second-order valence-electron chi connectivity index (χ2n) is 9.84. The lowest BCUT2D eigenvalue weighted by Gasteiger charge is -2.27. The topological polar surface area (TPSA) is 103 Å². The Hall–Kier alpha value is -1.22. The van der Waals surface area contributed by atoms with Crippen LogP contribution in [0.3, 0.4) is 0 Å². The molecule has 0 aromatic heterocycles. The standard InChI is InChI=1S/C25H45NO7/c1-5-6-7-8-9-10-11-12-13-14-17-30-24-23-22(32-25(3,4)33-23)21(31-24)18(2)26-19(27)15-16-20(28)29/h18,21-24H,5-17H2,1-4H3,(H,26,27)(H,28,29)/t18-,21+,22-,23-,24-/m0/s1. The summed E-state index contributed by atoms with van der Waals surface area (Å²) in [5, 5.41) is 11.6. The van der Waals surface area contributed by atoms with Gasteiger partial charge in [0.15, 0.2) is 12.1 Å². The molecular weight excluding hydrogens is 426 g/mol. The Morgan fingerprint density at radius 1 is 0.939 bits per heavy atom. The maximum absolute atomic E-state index is 12.1. The lowest BCUT2D eigenvalue weighted by atomic mass is 10.0. The van der Waals surface area contributed by atoms with Crippen molar-refractivity contribution in [1.82, 2.24) is 5.32 Å². The van der Waals surface area contributed by atoms with Crippen molar-refractivity contribution in [3.63, 3.8) is 0 Å². The molecule has 2 aliphatic heterocycles. The molecule has 5 atom stereocenters. The number of carboxylic acid groups (broad SMARTS) is 1. The van der Waals surface area contributed by atoms with Gasteiger partial charge in [-0.05, 0) is 27.2 Å². The van der Waals surface area contributed by atoms with Crippen molar-refractivity contribution in [2.24, 2.45) is 0 Å². The molecule has 2 aliphatic rings. The summed E-state index contributed by atoms with van der Waals surface area (Å²) in [6.45, 7) is 8.39. The highest BCUT2D eigenvalue weighted by Gasteiger charge is 2.57. The third-order valence-electron chi connectivity index (χ3n) is 6.27. The zero-order chi connectivity index (χ0) is 24.3. The quantitative estimate of drug-likeness (QED) is 0.300. The van der Waals surface area contributed by atoms with E-state index in [1.165, 1.54) is 51.4 Å². The first-order valence-electron chi connectivity index (χ1n) is 12.9. The van der Waals surface area contributed by atoms with Crippen LogP contribution in [0.4, 0.5) is 0 Å². The van der Waals surface area contributed by atoms with E-state index in [0.717, 1.165) is 12.8 Å². The molecule has 192 valence electrons. The molecule has 2 saturated heterocycles. The number of carbonyl (C=O) groups excluding carboxylic acids is 1. The monoisotopic (exact) mass is 471 g/mol. The fourth-order valence-electron chi connectivity index (χ4n) is 4.55. The number of aliphatic carboxylic acids is 1. The molecule has 0 aliphatic carbocycles. The van der Waals surface area contributed by atoms with Gasteiger partial charge in [0.2, 0.25) is 5.91 Å². The van der Waals surface area contributed by atoms with E-state index in [-0.39, 0.29) is 37.0 Å². The Labute approximate surface area is 199 Å². The Bertz CT molecular complexity index is 597. The average molecular weight is 472 g/mol. The van der Waals surface area contributed by atoms with E-state index in [0.29, 0.717) is 6.61 Å². The largest absolute Gasteiger partial charge is 0.481 e. The molecule has 0 saturated carbocycles. The van der Waals surface area contributed by atoms with Gasteiger partial charge in [-0.3, -0.25) is 9.59 Å². The van der Waals surface area contributed by atoms with Crippen LogP contribution in [-0.4, -0.2) is 60.0 Å². The zero-order valence-corrected chi connectivity index (χ0v) is 21.0. The number of hydrogen-bond donors (Lipinski definition) is 2. The van der Waals surface area contributed by atoms with Gasteiger partial charge in [-0.15, -0.1) is 0 Å². The van der Waals surface area contributed by atoms with Crippen molar-refractivity contribution in [3.8, 4) is 0 Å². The maximum atomic E-state index is 12.1. The van der Waals surface area contributed by atoms with Crippen molar-refractivity contribution in [3.05, 3.63) is 0 Å².